The summed E-state index contributed by atoms with van der Waals surface area (Å²) in [7, 11) is -5.05. The Morgan fingerprint density at radius 1 is 1.57 bits per heavy atom. The highest BCUT2D eigenvalue weighted by molar-refractivity contribution is 8.00. The first-order valence-electron chi connectivity index (χ1n) is 1.11. The number of hydrogen-bond donors (Lipinski definition) is 1. The first kappa shape index (κ1) is 6.51. The van der Waals surface area contributed by atoms with Gasteiger partial charge in [-0.25, -0.2) is 4.79 Å². The van der Waals surface area contributed by atoms with Gasteiger partial charge in [-0.1, -0.05) is 0 Å². The monoisotopic (exact) mass is 128 g/mol. The predicted octanol–water partition coefficient (Wildman–Crippen LogP) is -0.0363. The van der Waals surface area contributed by atoms with Gasteiger partial charge in [0.2, 0.25) is 0 Å². The van der Waals surface area contributed by atoms with E-state index in [4.69, 9.17) is 17.8 Å². The average molecular weight is 128 g/mol. The zero-order chi connectivity index (χ0) is 6.08. The van der Waals surface area contributed by atoms with Gasteiger partial charge in [-0.15, -0.1) is 4.39 Å². The summed E-state index contributed by atoms with van der Waals surface area (Å²) in [5.74, 6) is 0. The van der Waals surface area contributed by atoms with Gasteiger partial charge in [-0.2, -0.15) is 8.42 Å². The number of carbonyl (C=O) groups is 1. The van der Waals surface area contributed by atoms with Crippen LogP contribution in [-0.4, -0.2) is 18.3 Å². The van der Waals surface area contributed by atoms with Crippen LogP contribution in [0.1, 0.15) is 0 Å². The quantitative estimate of drug-likeness (QED) is 0.367. The predicted molar refractivity (Wildman–Crippen MR) is 18.1 cm³/mol. The average Bonchev–Trinajstić information content (AvgIpc) is 1.31. The van der Waals surface area contributed by atoms with E-state index in [1.165, 1.54) is 0 Å². The molecular formula is CHFO4S. The van der Waals surface area contributed by atoms with Gasteiger partial charge in [-0.3, -0.25) is 4.55 Å². The second-order valence-corrected chi connectivity index (χ2v) is 1.98. The summed E-state index contributed by atoms with van der Waals surface area (Å²) in [6, 6.07) is 0. The first-order valence-corrected chi connectivity index (χ1v) is 2.55. The highest BCUT2D eigenvalue weighted by atomic mass is 32.2. The molecule has 7 heavy (non-hydrogen) atoms. The summed E-state index contributed by atoms with van der Waals surface area (Å²) < 4.78 is 36.4. The van der Waals surface area contributed by atoms with E-state index in [-0.39, 0.29) is 0 Å². The zero-order valence-corrected chi connectivity index (χ0v) is 3.77. The minimum atomic E-state index is -5.05. The molecule has 6 heteroatoms. The van der Waals surface area contributed by atoms with Gasteiger partial charge in [0.15, 0.2) is 0 Å². The molecule has 0 aliphatic heterocycles. The Kier molecular flexibility index (Phi) is 1.44. The molecule has 4 nitrogen and oxygen atoms in total. The molecule has 0 unspecified atom stereocenters. The van der Waals surface area contributed by atoms with Crippen molar-refractivity contribution in [2.45, 2.75) is 0 Å². The van der Waals surface area contributed by atoms with Crippen molar-refractivity contribution in [2.24, 2.45) is 0 Å². The summed E-state index contributed by atoms with van der Waals surface area (Å²) in [5, 5.41) is -2.73. The van der Waals surface area contributed by atoms with E-state index >= 15 is 0 Å². The smallest absolute Gasteiger partial charge is 0.277 e. The Balaban J connectivity index is 4.43. The van der Waals surface area contributed by atoms with Crippen molar-refractivity contribution in [2.75, 3.05) is 0 Å². The molecule has 0 aromatic heterocycles. The van der Waals surface area contributed by atoms with E-state index in [1.807, 2.05) is 0 Å². The van der Waals surface area contributed by atoms with Crippen LogP contribution in [0, 0.1) is 0 Å². The maximum atomic E-state index is 10.7. The van der Waals surface area contributed by atoms with Crippen LogP contribution >= 0.6 is 0 Å². The van der Waals surface area contributed by atoms with Crippen LogP contribution < -0.4 is 0 Å². The third-order valence-corrected chi connectivity index (χ3v) is 0.608. The van der Waals surface area contributed by atoms with E-state index < -0.39 is 15.5 Å². The maximum absolute atomic E-state index is 10.7. The Bertz CT molecular complexity index is 166. The van der Waals surface area contributed by atoms with Crippen molar-refractivity contribution in [3.05, 3.63) is 0 Å². The first-order chi connectivity index (χ1) is 2.94. The van der Waals surface area contributed by atoms with E-state index in [0.29, 0.717) is 0 Å². The van der Waals surface area contributed by atoms with Gasteiger partial charge in [0.05, 0.1) is 0 Å². The molecule has 0 atom stereocenters. The Labute approximate surface area is 38.7 Å². The van der Waals surface area contributed by atoms with Crippen LogP contribution in [0.5, 0.6) is 0 Å². The summed E-state index contributed by atoms with van der Waals surface area (Å²) >= 11 is 0. The molecule has 0 aliphatic rings. The molecule has 0 amide bonds. The molecule has 42 valence electrons. The van der Waals surface area contributed by atoms with Gasteiger partial charge >= 0.3 is 15.5 Å². The molecule has 0 saturated carbocycles. The summed E-state index contributed by atoms with van der Waals surface area (Å²) in [6.45, 7) is 0. The van der Waals surface area contributed by atoms with Crippen molar-refractivity contribution in [3.63, 3.8) is 0 Å². The lowest BCUT2D eigenvalue weighted by Gasteiger charge is -1.75. The van der Waals surface area contributed by atoms with Gasteiger partial charge in [0.25, 0.3) is 0 Å². The van der Waals surface area contributed by atoms with Crippen LogP contribution in [0.3, 0.4) is 0 Å². The van der Waals surface area contributed by atoms with Gasteiger partial charge in [0, 0.05) is 0 Å². The van der Waals surface area contributed by atoms with E-state index in [9.17, 15) is 4.39 Å². The second-order valence-electron chi connectivity index (χ2n) is 0.713. The minimum Gasteiger partial charge on any atom is -0.277 e. The maximum Gasteiger partial charge on any atom is 0.443 e. The summed E-state index contributed by atoms with van der Waals surface area (Å²) in [5.41, 5.74) is 0. The van der Waals surface area contributed by atoms with Crippen molar-refractivity contribution in [1.29, 1.82) is 0 Å². The van der Waals surface area contributed by atoms with Crippen LogP contribution in [0.25, 0.3) is 0 Å². The molecule has 0 bridgehead atoms. The highest BCUT2D eigenvalue weighted by Gasteiger charge is 2.15. The third kappa shape index (κ3) is 2.24. The molecule has 0 radical (unpaired) electrons. The van der Waals surface area contributed by atoms with Crippen LogP contribution in [0.4, 0.5) is 9.18 Å². The second kappa shape index (κ2) is 1.55. The summed E-state index contributed by atoms with van der Waals surface area (Å²) in [6.07, 6.45) is 0. The molecule has 0 aromatic carbocycles. The molecular weight excluding hydrogens is 127 g/mol. The van der Waals surface area contributed by atoms with E-state index in [0.717, 1.165) is 0 Å². The number of carbonyl (C=O) groups excluding carboxylic acids is 1. The molecule has 0 aromatic rings. The Hall–Kier alpha value is -0.490. The standard InChI is InChI=1S/CHFO4S/c2-1(3)7(4,5)6/h(H,4,5,6). The zero-order valence-electron chi connectivity index (χ0n) is 2.96. The lowest BCUT2D eigenvalue weighted by Crippen LogP contribution is -2.03. The molecule has 0 rings (SSSR count). The Morgan fingerprint density at radius 2 is 1.71 bits per heavy atom. The van der Waals surface area contributed by atoms with Crippen LogP contribution in [0.2, 0.25) is 0 Å². The van der Waals surface area contributed by atoms with Crippen molar-refractivity contribution < 1.29 is 22.2 Å². The summed E-state index contributed by atoms with van der Waals surface area (Å²) in [4.78, 5) is 8.96. The van der Waals surface area contributed by atoms with Crippen molar-refractivity contribution in [3.8, 4) is 0 Å². The molecule has 0 saturated heterocycles. The van der Waals surface area contributed by atoms with Crippen molar-refractivity contribution >= 4 is 15.5 Å². The van der Waals surface area contributed by atoms with Gasteiger partial charge < -0.3 is 0 Å². The van der Waals surface area contributed by atoms with Gasteiger partial charge in [0.1, 0.15) is 0 Å². The van der Waals surface area contributed by atoms with E-state index in [1.54, 1.807) is 0 Å². The fourth-order valence-corrected chi connectivity index (χ4v) is 0. The molecule has 0 fully saturated rings. The molecule has 0 heterocycles. The topological polar surface area (TPSA) is 71.4 Å². The minimum absolute atomic E-state index is 2.73. The fourth-order valence-electron chi connectivity index (χ4n) is 0. The van der Waals surface area contributed by atoms with E-state index in [2.05, 4.69) is 0 Å². The van der Waals surface area contributed by atoms with Gasteiger partial charge in [-0.05, 0) is 0 Å². The largest absolute Gasteiger partial charge is 0.443 e. The molecule has 0 aliphatic carbocycles. The SMILES string of the molecule is O=C(F)S(=O)(=O)O. The third-order valence-electron chi connectivity index (χ3n) is 0.203. The Morgan fingerprint density at radius 3 is 1.71 bits per heavy atom. The van der Waals surface area contributed by atoms with Crippen LogP contribution in [0.15, 0.2) is 0 Å². The lowest BCUT2D eigenvalue weighted by atomic mass is 11.7. The highest BCUT2D eigenvalue weighted by Crippen LogP contribution is 1.86. The van der Waals surface area contributed by atoms with Crippen LogP contribution in [-0.2, 0) is 10.1 Å². The normalized spacial score (nSPS) is 11.1. The fraction of sp³-hybridized carbons (Fsp3) is 0. The number of halogens is 1. The number of rotatable bonds is 0. The molecule has 0 spiro atoms. The number of hydrogen-bond acceptors (Lipinski definition) is 3. The van der Waals surface area contributed by atoms with Crippen molar-refractivity contribution in [1.82, 2.24) is 0 Å². The molecule has 1 N–H and O–H groups in total. The lowest BCUT2D eigenvalue weighted by molar-refractivity contribution is 0.239.